The molecule has 1 aromatic rings. The molecule has 0 aliphatic carbocycles. The SMILES string of the molecule is CN(C)C(=O)c1cc(NCC(=O)N2CCCC2)ccn1. The Morgan fingerprint density at radius 1 is 1.35 bits per heavy atom. The van der Waals surface area contributed by atoms with Crippen molar-refractivity contribution < 1.29 is 9.59 Å². The maximum absolute atomic E-state index is 11.9. The molecule has 0 bridgehead atoms. The molecule has 1 aliphatic rings. The van der Waals surface area contributed by atoms with Crippen molar-refractivity contribution in [3.8, 4) is 0 Å². The molecule has 108 valence electrons. The lowest BCUT2D eigenvalue weighted by molar-refractivity contribution is -0.128. The summed E-state index contributed by atoms with van der Waals surface area (Å²) >= 11 is 0. The van der Waals surface area contributed by atoms with Crippen molar-refractivity contribution in [3.05, 3.63) is 24.0 Å². The van der Waals surface area contributed by atoms with E-state index in [1.807, 2.05) is 4.90 Å². The number of aromatic nitrogens is 1. The molecule has 0 radical (unpaired) electrons. The molecule has 1 fully saturated rings. The zero-order valence-electron chi connectivity index (χ0n) is 11.9. The Hall–Kier alpha value is -2.11. The van der Waals surface area contributed by atoms with E-state index >= 15 is 0 Å². The summed E-state index contributed by atoms with van der Waals surface area (Å²) in [6.45, 7) is 1.95. The van der Waals surface area contributed by atoms with Gasteiger partial charge < -0.3 is 15.1 Å². The Labute approximate surface area is 118 Å². The molecular weight excluding hydrogens is 256 g/mol. The molecule has 0 saturated carbocycles. The van der Waals surface area contributed by atoms with Crippen LogP contribution < -0.4 is 5.32 Å². The fraction of sp³-hybridized carbons (Fsp3) is 0.500. The predicted molar refractivity (Wildman–Crippen MR) is 76.6 cm³/mol. The molecule has 2 amide bonds. The molecule has 1 aromatic heterocycles. The van der Waals surface area contributed by atoms with Gasteiger partial charge in [-0.05, 0) is 25.0 Å². The Bertz CT molecular complexity index is 496. The lowest BCUT2D eigenvalue weighted by atomic mass is 10.3. The highest BCUT2D eigenvalue weighted by atomic mass is 16.2. The standard InChI is InChI=1S/C14H20N4O2/c1-17(2)14(20)12-9-11(5-6-15-12)16-10-13(19)18-7-3-4-8-18/h5-6,9H,3-4,7-8,10H2,1-2H3,(H,15,16). The predicted octanol–water partition coefficient (Wildman–Crippen LogP) is 0.818. The molecule has 1 N–H and O–H groups in total. The first kappa shape index (κ1) is 14.3. The Morgan fingerprint density at radius 3 is 2.70 bits per heavy atom. The molecule has 0 atom stereocenters. The Morgan fingerprint density at radius 2 is 2.05 bits per heavy atom. The molecule has 1 saturated heterocycles. The molecule has 2 heterocycles. The average molecular weight is 276 g/mol. The van der Waals surface area contributed by atoms with Crippen molar-refractivity contribution in [1.82, 2.24) is 14.8 Å². The lowest BCUT2D eigenvalue weighted by Gasteiger charge is -2.16. The minimum Gasteiger partial charge on any atom is -0.376 e. The highest BCUT2D eigenvalue weighted by Crippen LogP contribution is 2.11. The summed E-state index contributed by atoms with van der Waals surface area (Å²) in [7, 11) is 3.36. The van der Waals surface area contributed by atoms with E-state index in [-0.39, 0.29) is 18.4 Å². The van der Waals surface area contributed by atoms with Crippen molar-refractivity contribution in [2.24, 2.45) is 0 Å². The van der Waals surface area contributed by atoms with E-state index in [0.717, 1.165) is 31.6 Å². The molecule has 0 aromatic carbocycles. The fourth-order valence-corrected chi connectivity index (χ4v) is 2.14. The van der Waals surface area contributed by atoms with E-state index in [2.05, 4.69) is 10.3 Å². The van der Waals surface area contributed by atoms with Crippen LogP contribution in [0.15, 0.2) is 18.3 Å². The summed E-state index contributed by atoms with van der Waals surface area (Å²) in [5.41, 5.74) is 1.10. The van der Waals surface area contributed by atoms with Gasteiger partial charge in [-0.2, -0.15) is 0 Å². The van der Waals surface area contributed by atoms with Gasteiger partial charge in [-0.25, -0.2) is 0 Å². The molecule has 1 aliphatic heterocycles. The highest BCUT2D eigenvalue weighted by Gasteiger charge is 2.17. The molecule has 20 heavy (non-hydrogen) atoms. The molecule has 6 heteroatoms. The monoisotopic (exact) mass is 276 g/mol. The molecule has 0 spiro atoms. The maximum Gasteiger partial charge on any atom is 0.272 e. The topological polar surface area (TPSA) is 65.5 Å². The van der Waals surface area contributed by atoms with Crippen LogP contribution in [-0.2, 0) is 4.79 Å². The first-order chi connectivity index (χ1) is 9.58. The van der Waals surface area contributed by atoms with Crippen LogP contribution in [0.4, 0.5) is 5.69 Å². The van der Waals surface area contributed by atoms with Crippen LogP contribution in [0, 0.1) is 0 Å². The minimum absolute atomic E-state index is 0.0970. The largest absolute Gasteiger partial charge is 0.376 e. The van der Waals surface area contributed by atoms with Crippen molar-refractivity contribution in [1.29, 1.82) is 0 Å². The Balaban J connectivity index is 1.94. The average Bonchev–Trinajstić information content (AvgIpc) is 2.98. The van der Waals surface area contributed by atoms with Gasteiger partial charge in [0.2, 0.25) is 5.91 Å². The van der Waals surface area contributed by atoms with Crippen LogP contribution in [-0.4, -0.2) is 60.3 Å². The summed E-state index contributed by atoms with van der Waals surface area (Å²) < 4.78 is 0. The Kier molecular flexibility index (Phi) is 4.55. The zero-order chi connectivity index (χ0) is 14.5. The van der Waals surface area contributed by atoms with E-state index in [0.29, 0.717) is 5.69 Å². The number of anilines is 1. The van der Waals surface area contributed by atoms with Crippen LogP contribution in [0.25, 0.3) is 0 Å². The smallest absolute Gasteiger partial charge is 0.272 e. The molecule has 2 rings (SSSR count). The third-order valence-electron chi connectivity index (χ3n) is 3.29. The fourth-order valence-electron chi connectivity index (χ4n) is 2.14. The van der Waals surface area contributed by atoms with E-state index in [4.69, 9.17) is 0 Å². The maximum atomic E-state index is 11.9. The van der Waals surface area contributed by atoms with Gasteiger partial charge in [0.1, 0.15) is 5.69 Å². The van der Waals surface area contributed by atoms with E-state index in [9.17, 15) is 9.59 Å². The van der Waals surface area contributed by atoms with Gasteiger partial charge in [0, 0.05) is 39.1 Å². The van der Waals surface area contributed by atoms with Gasteiger partial charge in [0.15, 0.2) is 0 Å². The van der Waals surface area contributed by atoms with E-state index in [1.165, 1.54) is 4.90 Å². The second-order valence-electron chi connectivity index (χ2n) is 5.07. The van der Waals surface area contributed by atoms with Gasteiger partial charge in [-0.1, -0.05) is 0 Å². The number of likely N-dealkylation sites (tertiary alicyclic amines) is 1. The molecule has 0 unspecified atom stereocenters. The quantitative estimate of drug-likeness (QED) is 0.884. The molecular formula is C14H20N4O2. The summed E-state index contributed by atoms with van der Waals surface area (Å²) in [6.07, 6.45) is 3.74. The summed E-state index contributed by atoms with van der Waals surface area (Å²) in [5.74, 6) is -0.0562. The summed E-state index contributed by atoms with van der Waals surface area (Å²) in [4.78, 5) is 31.1. The summed E-state index contributed by atoms with van der Waals surface area (Å²) in [6, 6.07) is 3.42. The van der Waals surface area contributed by atoms with Crippen molar-refractivity contribution >= 4 is 17.5 Å². The second kappa shape index (κ2) is 6.36. The lowest BCUT2D eigenvalue weighted by Crippen LogP contribution is -2.33. The van der Waals surface area contributed by atoms with Crippen LogP contribution in [0.5, 0.6) is 0 Å². The number of nitrogens with one attached hydrogen (secondary N) is 1. The number of amides is 2. The van der Waals surface area contributed by atoms with Gasteiger partial charge in [-0.15, -0.1) is 0 Å². The number of carbonyl (C=O) groups excluding carboxylic acids is 2. The number of hydrogen-bond acceptors (Lipinski definition) is 4. The van der Waals surface area contributed by atoms with E-state index in [1.54, 1.807) is 32.4 Å². The van der Waals surface area contributed by atoms with Gasteiger partial charge >= 0.3 is 0 Å². The number of carbonyl (C=O) groups is 2. The van der Waals surface area contributed by atoms with Gasteiger partial charge in [0.25, 0.3) is 5.91 Å². The third kappa shape index (κ3) is 3.46. The van der Waals surface area contributed by atoms with Crippen LogP contribution in [0.1, 0.15) is 23.3 Å². The first-order valence-corrected chi connectivity index (χ1v) is 6.77. The third-order valence-corrected chi connectivity index (χ3v) is 3.29. The normalized spacial score (nSPS) is 14.2. The second-order valence-corrected chi connectivity index (χ2v) is 5.07. The van der Waals surface area contributed by atoms with Gasteiger partial charge in [0.05, 0.1) is 6.54 Å². The zero-order valence-corrected chi connectivity index (χ0v) is 11.9. The van der Waals surface area contributed by atoms with Crippen LogP contribution in [0.3, 0.4) is 0 Å². The summed E-state index contributed by atoms with van der Waals surface area (Å²) in [5, 5.41) is 3.05. The van der Waals surface area contributed by atoms with E-state index < -0.39 is 0 Å². The first-order valence-electron chi connectivity index (χ1n) is 6.77. The van der Waals surface area contributed by atoms with Crippen molar-refractivity contribution in [3.63, 3.8) is 0 Å². The highest BCUT2D eigenvalue weighted by molar-refractivity contribution is 5.93. The number of rotatable bonds is 4. The van der Waals surface area contributed by atoms with Crippen molar-refractivity contribution in [2.75, 3.05) is 39.0 Å². The molecule has 6 nitrogen and oxygen atoms in total. The minimum atomic E-state index is -0.153. The van der Waals surface area contributed by atoms with Crippen LogP contribution in [0.2, 0.25) is 0 Å². The number of nitrogens with zero attached hydrogens (tertiary/aromatic N) is 3. The number of pyridine rings is 1. The van der Waals surface area contributed by atoms with Gasteiger partial charge in [-0.3, -0.25) is 14.6 Å². The van der Waals surface area contributed by atoms with Crippen molar-refractivity contribution in [2.45, 2.75) is 12.8 Å². The number of hydrogen-bond donors (Lipinski definition) is 1. The van der Waals surface area contributed by atoms with Crippen LogP contribution >= 0.6 is 0 Å².